The van der Waals surface area contributed by atoms with E-state index in [1.54, 1.807) is 72.8 Å². The Kier molecular flexibility index (Phi) is 12.9. The van der Waals surface area contributed by atoms with Gasteiger partial charge in [-0.1, -0.05) is 74.4 Å². The molecule has 0 aliphatic heterocycles. The molecule has 4 aromatic carbocycles. The minimum Gasteiger partial charge on any atom is -0.462 e. The number of hydrogen-bond acceptors (Lipinski definition) is 6. The van der Waals surface area contributed by atoms with Crippen LogP contribution in [0.2, 0.25) is 0 Å². The number of ether oxygens (including phenoxy) is 1. The predicted octanol–water partition coefficient (Wildman–Crippen LogP) is 7.87. The van der Waals surface area contributed by atoms with Crippen LogP contribution in [-0.4, -0.2) is 35.5 Å². The van der Waals surface area contributed by atoms with Gasteiger partial charge in [0.15, 0.2) is 0 Å². The largest absolute Gasteiger partial charge is 0.462 e. The highest BCUT2D eigenvalue weighted by atomic mass is 32.2. The summed E-state index contributed by atoms with van der Waals surface area (Å²) in [7, 11) is 0. The number of anilines is 2. The van der Waals surface area contributed by atoms with Crippen LogP contribution in [0.3, 0.4) is 0 Å². The molecule has 0 fully saturated rings. The van der Waals surface area contributed by atoms with Crippen molar-refractivity contribution in [3.63, 3.8) is 0 Å². The molecule has 4 aromatic rings. The SMILES string of the molecule is CCCCOC(=O)c1ccc(NC(=O)C(CC)Sc2cccc(NC(=O)/C(=C/c3ccc(C)cc3)NC(=O)c3ccccc3)c2)cc1. The molecule has 242 valence electrons. The highest BCUT2D eigenvalue weighted by Gasteiger charge is 2.20. The lowest BCUT2D eigenvalue weighted by Gasteiger charge is -2.16. The fraction of sp³-hybridized carbons (Fsp3) is 0.211. The summed E-state index contributed by atoms with van der Waals surface area (Å²) in [5.74, 6) is -1.46. The summed E-state index contributed by atoms with van der Waals surface area (Å²) in [5, 5.41) is 8.15. The zero-order chi connectivity index (χ0) is 33.6. The molecular weight excluding hydrogens is 611 g/mol. The van der Waals surface area contributed by atoms with Crippen LogP contribution >= 0.6 is 11.8 Å². The van der Waals surface area contributed by atoms with E-state index in [0.29, 0.717) is 35.5 Å². The minimum atomic E-state index is -0.487. The first-order chi connectivity index (χ1) is 22.7. The standard InChI is InChI=1S/C38H39N3O5S/c1-4-6-23-46-38(45)29-19-21-30(22-20-29)39-37(44)34(5-2)47-32-14-10-13-31(25-32)40-36(43)33(24-27-17-15-26(3)16-18-27)41-35(42)28-11-8-7-9-12-28/h7-22,24-25,34H,4-6,23H2,1-3H3,(H,39,44)(H,40,43)(H,41,42)/b33-24-. The number of hydrogen-bond donors (Lipinski definition) is 3. The molecule has 3 N–H and O–H groups in total. The van der Waals surface area contributed by atoms with Gasteiger partial charge in [-0.15, -0.1) is 11.8 Å². The van der Waals surface area contributed by atoms with Crippen molar-refractivity contribution in [2.24, 2.45) is 0 Å². The van der Waals surface area contributed by atoms with E-state index < -0.39 is 17.1 Å². The molecule has 0 bridgehead atoms. The molecule has 0 aromatic heterocycles. The van der Waals surface area contributed by atoms with E-state index in [9.17, 15) is 19.2 Å². The monoisotopic (exact) mass is 649 g/mol. The van der Waals surface area contributed by atoms with Crippen molar-refractivity contribution in [2.45, 2.75) is 50.2 Å². The number of rotatable bonds is 14. The maximum absolute atomic E-state index is 13.5. The molecule has 0 heterocycles. The molecule has 0 radical (unpaired) electrons. The minimum absolute atomic E-state index is 0.0896. The summed E-state index contributed by atoms with van der Waals surface area (Å²) in [4.78, 5) is 52.6. The number of carbonyl (C=O) groups is 4. The van der Waals surface area contributed by atoms with Crippen molar-refractivity contribution >= 4 is 52.9 Å². The molecule has 47 heavy (non-hydrogen) atoms. The topological polar surface area (TPSA) is 114 Å². The second-order valence-corrected chi connectivity index (χ2v) is 12.1. The Morgan fingerprint density at radius 3 is 2.19 bits per heavy atom. The van der Waals surface area contributed by atoms with Crippen LogP contribution in [-0.2, 0) is 14.3 Å². The summed E-state index contributed by atoms with van der Waals surface area (Å²) in [6.45, 7) is 6.31. The van der Waals surface area contributed by atoms with Crippen LogP contribution in [0, 0.1) is 6.92 Å². The van der Waals surface area contributed by atoms with E-state index in [0.717, 1.165) is 28.9 Å². The molecule has 1 atom stereocenters. The van der Waals surface area contributed by atoms with Crippen LogP contribution in [0.5, 0.6) is 0 Å². The number of carbonyl (C=O) groups excluding carboxylic acids is 4. The summed E-state index contributed by atoms with van der Waals surface area (Å²) < 4.78 is 5.25. The molecule has 0 saturated heterocycles. The molecular formula is C38H39N3O5S. The van der Waals surface area contributed by atoms with Gasteiger partial charge >= 0.3 is 5.97 Å². The molecule has 0 saturated carbocycles. The average molecular weight is 650 g/mol. The third kappa shape index (κ3) is 10.7. The summed E-state index contributed by atoms with van der Waals surface area (Å²) in [6, 6.07) is 30.1. The number of thioether (sulfide) groups is 1. The van der Waals surface area contributed by atoms with Crippen molar-refractivity contribution in [3.8, 4) is 0 Å². The molecule has 1 unspecified atom stereocenters. The molecule has 4 rings (SSSR count). The Morgan fingerprint density at radius 2 is 1.51 bits per heavy atom. The lowest BCUT2D eigenvalue weighted by atomic mass is 10.1. The molecule has 9 heteroatoms. The number of amides is 3. The van der Waals surface area contributed by atoms with Crippen LogP contribution in [0.25, 0.3) is 6.08 Å². The van der Waals surface area contributed by atoms with Crippen LogP contribution in [0.1, 0.15) is 65.0 Å². The Bertz CT molecular complexity index is 1700. The van der Waals surface area contributed by atoms with Gasteiger partial charge in [-0.3, -0.25) is 14.4 Å². The van der Waals surface area contributed by atoms with E-state index in [-0.39, 0.29) is 17.6 Å². The zero-order valence-corrected chi connectivity index (χ0v) is 27.6. The quantitative estimate of drug-likeness (QED) is 0.0555. The third-order valence-corrected chi connectivity index (χ3v) is 8.43. The van der Waals surface area contributed by atoms with Gasteiger partial charge in [-0.25, -0.2) is 4.79 Å². The molecule has 0 aliphatic carbocycles. The van der Waals surface area contributed by atoms with Crippen LogP contribution in [0.15, 0.2) is 114 Å². The fourth-order valence-corrected chi connectivity index (χ4v) is 5.42. The smallest absolute Gasteiger partial charge is 0.338 e. The average Bonchev–Trinajstić information content (AvgIpc) is 3.08. The van der Waals surface area contributed by atoms with Crippen molar-refractivity contribution in [1.82, 2.24) is 5.32 Å². The van der Waals surface area contributed by atoms with Crippen molar-refractivity contribution < 1.29 is 23.9 Å². The molecule has 3 amide bonds. The second kappa shape index (κ2) is 17.5. The van der Waals surface area contributed by atoms with Gasteiger partial charge in [0.1, 0.15) is 5.70 Å². The number of nitrogens with one attached hydrogen (secondary N) is 3. The Balaban J connectivity index is 1.42. The highest BCUT2D eigenvalue weighted by Crippen LogP contribution is 2.29. The third-order valence-electron chi connectivity index (χ3n) is 7.07. The molecule has 0 aliphatic rings. The van der Waals surface area contributed by atoms with Crippen LogP contribution < -0.4 is 16.0 Å². The van der Waals surface area contributed by atoms with Gasteiger partial charge in [0.05, 0.1) is 17.4 Å². The maximum atomic E-state index is 13.5. The second-order valence-electron chi connectivity index (χ2n) is 10.8. The first-order valence-electron chi connectivity index (χ1n) is 15.6. The van der Waals surface area contributed by atoms with Gasteiger partial charge < -0.3 is 20.7 Å². The Hall–Kier alpha value is -5.15. The van der Waals surface area contributed by atoms with Crippen molar-refractivity contribution in [1.29, 1.82) is 0 Å². The number of unbranched alkanes of at least 4 members (excludes halogenated alkanes) is 1. The summed E-state index contributed by atoms with van der Waals surface area (Å²) in [6.07, 6.45) is 3.94. The van der Waals surface area contributed by atoms with Gasteiger partial charge in [-0.2, -0.15) is 0 Å². The van der Waals surface area contributed by atoms with Gasteiger partial charge in [-0.05, 0) is 86.0 Å². The molecule has 8 nitrogen and oxygen atoms in total. The van der Waals surface area contributed by atoms with Crippen molar-refractivity contribution in [2.75, 3.05) is 17.2 Å². The van der Waals surface area contributed by atoms with Gasteiger partial charge in [0.2, 0.25) is 5.91 Å². The first-order valence-corrected chi connectivity index (χ1v) is 16.4. The van der Waals surface area contributed by atoms with Crippen molar-refractivity contribution in [3.05, 3.63) is 131 Å². The predicted molar refractivity (Wildman–Crippen MR) is 188 cm³/mol. The molecule has 0 spiro atoms. The normalized spacial score (nSPS) is 11.7. The summed E-state index contributed by atoms with van der Waals surface area (Å²) >= 11 is 1.38. The first kappa shape index (κ1) is 34.7. The van der Waals surface area contributed by atoms with Gasteiger partial charge in [0.25, 0.3) is 11.8 Å². The van der Waals surface area contributed by atoms with Crippen LogP contribution in [0.4, 0.5) is 11.4 Å². The Morgan fingerprint density at radius 1 is 0.787 bits per heavy atom. The number of benzene rings is 4. The lowest BCUT2D eigenvalue weighted by Crippen LogP contribution is -2.30. The maximum Gasteiger partial charge on any atom is 0.338 e. The van der Waals surface area contributed by atoms with E-state index in [1.165, 1.54) is 11.8 Å². The fourth-order valence-electron chi connectivity index (χ4n) is 4.41. The van der Waals surface area contributed by atoms with E-state index >= 15 is 0 Å². The highest BCUT2D eigenvalue weighted by molar-refractivity contribution is 8.00. The lowest BCUT2D eigenvalue weighted by molar-refractivity contribution is -0.116. The van der Waals surface area contributed by atoms with Gasteiger partial charge in [0, 0.05) is 21.8 Å². The van der Waals surface area contributed by atoms with E-state index in [4.69, 9.17) is 4.74 Å². The van der Waals surface area contributed by atoms with E-state index in [2.05, 4.69) is 16.0 Å². The number of esters is 1. The zero-order valence-electron chi connectivity index (χ0n) is 26.7. The Labute approximate surface area is 280 Å². The van der Waals surface area contributed by atoms with E-state index in [1.807, 2.05) is 57.2 Å². The number of aryl methyl sites for hydroxylation is 1. The summed E-state index contributed by atoms with van der Waals surface area (Å²) in [5.41, 5.74) is 3.87.